The van der Waals surface area contributed by atoms with Gasteiger partial charge in [-0.15, -0.1) is 0 Å². The van der Waals surface area contributed by atoms with Crippen LogP contribution >= 0.6 is 11.6 Å². The van der Waals surface area contributed by atoms with Gasteiger partial charge in [-0.2, -0.15) is 4.31 Å². The van der Waals surface area contributed by atoms with Gasteiger partial charge in [0.25, 0.3) is 5.91 Å². The number of amides is 1. The van der Waals surface area contributed by atoms with E-state index in [1.165, 1.54) is 28.9 Å². The zero-order chi connectivity index (χ0) is 21.8. The molecule has 1 aliphatic heterocycles. The van der Waals surface area contributed by atoms with E-state index in [0.717, 1.165) is 19.6 Å². The third kappa shape index (κ3) is 6.17. The van der Waals surface area contributed by atoms with Crippen molar-refractivity contribution in [2.24, 2.45) is 11.8 Å². The third-order valence-electron chi connectivity index (χ3n) is 5.38. The summed E-state index contributed by atoms with van der Waals surface area (Å²) >= 11 is 6.22. The molecule has 6 nitrogen and oxygen atoms in total. The maximum Gasteiger partial charge on any atom is 0.253 e. The lowest BCUT2D eigenvalue weighted by Crippen LogP contribution is -2.47. The number of benzene rings is 1. The summed E-state index contributed by atoms with van der Waals surface area (Å²) in [7, 11) is -3.65. The van der Waals surface area contributed by atoms with Crippen LogP contribution in [0.2, 0.25) is 5.02 Å². The number of nitrogens with one attached hydrogen (secondary N) is 1. The van der Waals surface area contributed by atoms with Crippen LogP contribution in [-0.2, 0) is 10.0 Å². The van der Waals surface area contributed by atoms with Gasteiger partial charge in [0.05, 0.1) is 15.5 Å². The van der Waals surface area contributed by atoms with E-state index in [1.807, 2.05) is 6.92 Å². The Kier molecular flexibility index (Phi) is 8.52. The predicted octanol–water partition coefficient (Wildman–Crippen LogP) is 3.47. The first kappa shape index (κ1) is 24.1. The molecule has 29 heavy (non-hydrogen) atoms. The average Bonchev–Trinajstić information content (AvgIpc) is 2.61. The highest BCUT2D eigenvalue weighted by molar-refractivity contribution is 7.89. The molecule has 1 amide bonds. The minimum absolute atomic E-state index is 0.0703. The lowest BCUT2D eigenvalue weighted by molar-refractivity contribution is 0.0905. The Morgan fingerprint density at radius 1 is 1.24 bits per heavy atom. The van der Waals surface area contributed by atoms with Crippen LogP contribution in [0.1, 0.15) is 51.4 Å². The Labute approximate surface area is 180 Å². The summed E-state index contributed by atoms with van der Waals surface area (Å²) < 4.78 is 26.9. The standard InChI is InChI=1S/C21H34ClN3O3S/c1-6-25(7-2)29(27,28)18-8-9-20(22)19(11-18)21(26)23-17(5)14-24-12-15(3)10-16(4)13-24/h8-9,11,15-17H,6-7,10,12-14H2,1-5H3,(H,23,26). The number of hydrogen-bond acceptors (Lipinski definition) is 4. The van der Waals surface area contributed by atoms with Crippen molar-refractivity contribution < 1.29 is 13.2 Å². The SMILES string of the molecule is CCN(CC)S(=O)(=O)c1ccc(Cl)c(C(=O)NC(C)CN2CC(C)CC(C)C2)c1. The fraction of sp³-hybridized carbons (Fsp3) is 0.667. The fourth-order valence-corrected chi connectivity index (χ4v) is 5.92. The monoisotopic (exact) mass is 443 g/mol. The summed E-state index contributed by atoms with van der Waals surface area (Å²) in [5.74, 6) is 0.952. The molecule has 0 aliphatic carbocycles. The quantitative estimate of drug-likeness (QED) is 0.667. The van der Waals surface area contributed by atoms with Gasteiger partial charge in [-0.05, 0) is 43.4 Å². The van der Waals surface area contributed by atoms with Crippen LogP contribution in [0.3, 0.4) is 0 Å². The number of carbonyl (C=O) groups is 1. The number of rotatable bonds is 8. The Balaban J connectivity index is 2.12. The first-order chi connectivity index (χ1) is 13.6. The van der Waals surface area contributed by atoms with Crippen molar-refractivity contribution in [3.63, 3.8) is 0 Å². The summed E-state index contributed by atoms with van der Waals surface area (Å²) in [6.45, 7) is 13.6. The van der Waals surface area contributed by atoms with Crippen molar-refractivity contribution in [3.05, 3.63) is 28.8 Å². The zero-order valence-electron chi connectivity index (χ0n) is 18.1. The van der Waals surface area contributed by atoms with E-state index in [9.17, 15) is 13.2 Å². The van der Waals surface area contributed by atoms with E-state index in [4.69, 9.17) is 11.6 Å². The van der Waals surface area contributed by atoms with Crippen molar-refractivity contribution >= 4 is 27.5 Å². The van der Waals surface area contributed by atoms with Crippen molar-refractivity contribution in [1.29, 1.82) is 0 Å². The molecule has 0 saturated carbocycles. The first-order valence-electron chi connectivity index (χ1n) is 10.4. The van der Waals surface area contributed by atoms with Crippen LogP contribution in [0.25, 0.3) is 0 Å². The topological polar surface area (TPSA) is 69.7 Å². The molecule has 1 saturated heterocycles. The second-order valence-corrected chi connectivity index (χ2v) is 10.6. The molecular formula is C21H34ClN3O3S. The normalized spacial score (nSPS) is 21.9. The lowest BCUT2D eigenvalue weighted by Gasteiger charge is -2.36. The van der Waals surface area contributed by atoms with E-state index >= 15 is 0 Å². The minimum atomic E-state index is -3.65. The molecule has 164 valence electrons. The van der Waals surface area contributed by atoms with Gasteiger partial charge in [-0.1, -0.05) is 39.3 Å². The molecule has 1 N–H and O–H groups in total. The van der Waals surface area contributed by atoms with Gasteiger partial charge in [0.2, 0.25) is 10.0 Å². The highest BCUT2D eigenvalue weighted by Gasteiger charge is 2.26. The Morgan fingerprint density at radius 3 is 2.38 bits per heavy atom. The van der Waals surface area contributed by atoms with E-state index in [2.05, 4.69) is 24.1 Å². The summed E-state index contributed by atoms with van der Waals surface area (Å²) in [6, 6.07) is 4.24. The molecule has 1 aromatic carbocycles. The summed E-state index contributed by atoms with van der Waals surface area (Å²) in [5, 5.41) is 3.22. The maximum absolute atomic E-state index is 12.8. The Hall–Kier alpha value is -1.15. The molecule has 8 heteroatoms. The van der Waals surface area contributed by atoms with Gasteiger partial charge in [0.15, 0.2) is 0 Å². The number of halogens is 1. The van der Waals surface area contributed by atoms with Crippen LogP contribution in [0.15, 0.2) is 23.1 Å². The second-order valence-electron chi connectivity index (χ2n) is 8.27. The highest BCUT2D eigenvalue weighted by Crippen LogP contribution is 2.24. The molecule has 1 aromatic rings. The van der Waals surface area contributed by atoms with Crippen LogP contribution in [0.5, 0.6) is 0 Å². The van der Waals surface area contributed by atoms with Crippen LogP contribution in [0, 0.1) is 11.8 Å². The van der Waals surface area contributed by atoms with E-state index in [0.29, 0.717) is 24.9 Å². The van der Waals surface area contributed by atoms with Crippen LogP contribution < -0.4 is 5.32 Å². The van der Waals surface area contributed by atoms with Crippen molar-refractivity contribution in [2.45, 2.75) is 52.0 Å². The largest absolute Gasteiger partial charge is 0.348 e. The minimum Gasteiger partial charge on any atom is -0.348 e. The highest BCUT2D eigenvalue weighted by atomic mass is 35.5. The summed E-state index contributed by atoms with van der Waals surface area (Å²) in [6.07, 6.45) is 1.24. The maximum atomic E-state index is 12.8. The second kappa shape index (κ2) is 10.2. The molecule has 0 aromatic heterocycles. The van der Waals surface area contributed by atoms with Crippen molar-refractivity contribution in [1.82, 2.24) is 14.5 Å². The number of nitrogens with zero attached hydrogens (tertiary/aromatic N) is 2. The molecule has 0 spiro atoms. The molecule has 3 atom stereocenters. The molecule has 3 unspecified atom stereocenters. The number of sulfonamides is 1. The number of carbonyl (C=O) groups excluding carboxylic acids is 1. The third-order valence-corrected chi connectivity index (χ3v) is 7.76. The average molecular weight is 444 g/mol. The molecule has 0 bridgehead atoms. The van der Waals surface area contributed by atoms with Crippen molar-refractivity contribution in [2.75, 3.05) is 32.7 Å². The zero-order valence-corrected chi connectivity index (χ0v) is 19.7. The fourth-order valence-electron chi connectivity index (χ4n) is 4.23. The van der Waals surface area contributed by atoms with Gasteiger partial charge in [0.1, 0.15) is 0 Å². The van der Waals surface area contributed by atoms with Gasteiger partial charge >= 0.3 is 0 Å². The molecule has 2 rings (SSSR count). The van der Waals surface area contributed by atoms with E-state index in [1.54, 1.807) is 13.8 Å². The van der Waals surface area contributed by atoms with Crippen LogP contribution in [0.4, 0.5) is 0 Å². The van der Waals surface area contributed by atoms with E-state index < -0.39 is 10.0 Å². The molecule has 1 heterocycles. The van der Waals surface area contributed by atoms with Crippen LogP contribution in [-0.4, -0.2) is 62.3 Å². The number of hydrogen-bond donors (Lipinski definition) is 1. The van der Waals surface area contributed by atoms with Gasteiger partial charge in [-0.3, -0.25) is 4.79 Å². The summed E-state index contributed by atoms with van der Waals surface area (Å²) in [5.41, 5.74) is 0.187. The Bertz CT molecular complexity index is 801. The molecule has 1 aliphatic rings. The molecular weight excluding hydrogens is 410 g/mol. The molecule has 0 radical (unpaired) electrons. The lowest BCUT2D eigenvalue weighted by atomic mass is 9.92. The molecule has 1 fully saturated rings. The number of likely N-dealkylation sites (tertiary alicyclic amines) is 1. The Morgan fingerprint density at radius 2 is 1.83 bits per heavy atom. The van der Waals surface area contributed by atoms with Gasteiger partial charge in [0, 0.05) is 38.8 Å². The van der Waals surface area contributed by atoms with Crippen molar-refractivity contribution in [3.8, 4) is 0 Å². The summed E-state index contributed by atoms with van der Waals surface area (Å²) in [4.78, 5) is 15.3. The van der Waals surface area contributed by atoms with Gasteiger partial charge in [-0.25, -0.2) is 8.42 Å². The number of piperidine rings is 1. The first-order valence-corrected chi connectivity index (χ1v) is 12.2. The van der Waals surface area contributed by atoms with E-state index in [-0.39, 0.29) is 27.4 Å². The smallest absolute Gasteiger partial charge is 0.253 e. The predicted molar refractivity (Wildman–Crippen MR) is 118 cm³/mol. The van der Waals surface area contributed by atoms with Gasteiger partial charge < -0.3 is 10.2 Å².